The largest absolute Gasteiger partial charge is 0.0622 e. The van der Waals surface area contributed by atoms with E-state index in [4.69, 9.17) is 0 Å². The number of fused-ring (bicyclic) bond motifs is 4. The SMILES string of the molecule is c1ccc(-c2cc(-c3ccccc3)cc(-c3c4ccccc4c(-c4ccc5ccc(-c6ccc(-c7cccc8ccccc78)cc6)cc5c4)c4ccccc34)c2)cc1. The molecule has 0 nitrogen and oxygen atoms in total. The van der Waals surface area contributed by atoms with Crippen LogP contribution >= 0.6 is 0 Å². The Hall–Kier alpha value is -7.54. The van der Waals surface area contributed by atoms with Gasteiger partial charge in [0.25, 0.3) is 0 Å². The van der Waals surface area contributed by atoms with E-state index >= 15 is 0 Å². The summed E-state index contributed by atoms with van der Waals surface area (Å²) in [5, 5.41) is 10.0. The lowest BCUT2D eigenvalue weighted by Gasteiger charge is -2.19. The maximum absolute atomic E-state index is 2.39. The van der Waals surface area contributed by atoms with E-state index < -0.39 is 0 Å². The molecule has 0 saturated carbocycles. The van der Waals surface area contributed by atoms with E-state index in [9.17, 15) is 0 Å². The van der Waals surface area contributed by atoms with Crippen LogP contribution in [0.5, 0.6) is 0 Å². The van der Waals surface area contributed by atoms with Crippen LogP contribution < -0.4 is 0 Å². The zero-order valence-electron chi connectivity index (χ0n) is 31.9. The minimum Gasteiger partial charge on any atom is -0.0622 e. The number of rotatable bonds is 6. The van der Waals surface area contributed by atoms with Gasteiger partial charge in [0.15, 0.2) is 0 Å². The summed E-state index contributed by atoms with van der Waals surface area (Å²) in [6, 6.07) is 84.6. The monoisotopic (exact) mass is 734 g/mol. The third-order valence-electron chi connectivity index (χ3n) is 11.8. The van der Waals surface area contributed by atoms with Gasteiger partial charge in [-0.15, -0.1) is 0 Å². The predicted molar refractivity (Wildman–Crippen MR) is 249 cm³/mol. The van der Waals surface area contributed by atoms with Crippen LogP contribution in [0.15, 0.2) is 231 Å². The molecule has 0 aliphatic carbocycles. The summed E-state index contributed by atoms with van der Waals surface area (Å²) in [5.41, 5.74) is 14.7. The van der Waals surface area contributed by atoms with Crippen molar-refractivity contribution in [3.63, 3.8) is 0 Å². The Balaban J connectivity index is 1.06. The van der Waals surface area contributed by atoms with E-state index in [0.717, 1.165) is 0 Å². The molecule has 270 valence electrons. The number of hydrogen-bond acceptors (Lipinski definition) is 0. The molecule has 0 heteroatoms. The Labute approximate surface area is 339 Å². The van der Waals surface area contributed by atoms with Gasteiger partial charge in [-0.05, 0) is 140 Å². The Morgan fingerprint density at radius 2 is 0.586 bits per heavy atom. The van der Waals surface area contributed by atoms with Crippen molar-refractivity contribution in [2.45, 2.75) is 0 Å². The van der Waals surface area contributed by atoms with Crippen molar-refractivity contribution in [1.82, 2.24) is 0 Å². The third-order valence-corrected chi connectivity index (χ3v) is 11.8. The lowest BCUT2D eigenvalue weighted by Crippen LogP contribution is -1.92. The highest BCUT2D eigenvalue weighted by Crippen LogP contribution is 2.46. The van der Waals surface area contributed by atoms with Crippen molar-refractivity contribution >= 4 is 43.1 Å². The highest BCUT2D eigenvalue weighted by molar-refractivity contribution is 6.22. The third kappa shape index (κ3) is 5.95. The van der Waals surface area contributed by atoms with Crippen LogP contribution in [0.4, 0.5) is 0 Å². The van der Waals surface area contributed by atoms with Crippen molar-refractivity contribution in [2.75, 3.05) is 0 Å². The summed E-state index contributed by atoms with van der Waals surface area (Å²) in [7, 11) is 0. The molecular weight excluding hydrogens is 697 g/mol. The zero-order chi connectivity index (χ0) is 38.4. The second-order valence-corrected chi connectivity index (χ2v) is 15.3. The lowest BCUT2D eigenvalue weighted by atomic mass is 9.84. The molecule has 0 atom stereocenters. The fourth-order valence-corrected chi connectivity index (χ4v) is 9.02. The first kappa shape index (κ1) is 33.8. The molecule has 0 amide bonds. The van der Waals surface area contributed by atoms with Crippen LogP contribution in [0.1, 0.15) is 0 Å². The van der Waals surface area contributed by atoms with Crippen LogP contribution in [-0.4, -0.2) is 0 Å². The fourth-order valence-electron chi connectivity index (χ4n) is 9.02. The van der Waals surface area contributed by atoms with Gasteiger partial charge in [0.2, 0.25) is 0 Å². The summed E-state index contributed by atoms with van der Waals surface area (Å²) < 4.78 is 0. The van der Waals surface area contributed by atoms with Crippen molar-refractivity contribution in [3.05, 3.63) is 231 Å². The average molecular weight is 735 g/mol. The van der Waals surface area contributed by atoms with Gasteiger partial charge < -0.3 is 0 Å². The Bertz CT molecular complexity index is 3180. The summed E-state index contributed by atoms with van der Waals surface area (Å²) in [6.07, 6.45) is 0. The second kappa shape index (κ2) is 14.2. The molecule has 0 aliphatic rings. The number of benzene rings is 11. The van der Waals surface area contributed by atoms with Crippen molar-refractivity contribution in [2.24, 2.45) is 0 Å². The van der Waals surface area contributed by atoms with E-state index in [0.29, 0.717) is 0 Å². The molecule has 0 heterocycles. The van der Waals surface area contributed by atoms with E-state index in [1.165, 1.54) is 110 Å². The van der Waals surface area contributed by atoms with Crippen molar-refractivity contribution in [3.8, 4) is 66.8 Å². The second-order valence-electron chi connectivity index (χ2n) is 15.3. The Morgan fingerprint density at radius 1 is 0.172 bits per heavy atom. The first-order valence-corrected chi connectivity index (χ1v) is 20.1. The van der Waals surface area contributed by atoms with Crippen LogP contribution in [0.3, 0.4) is 0 Å². The molecule has 0 aliphatic heterocycles. The Morgan fingerprint density at radius 3 is 1.19 bits per heavy atom. The first-order chi connectivity index (χ1) is 28.7. The molecule has 11 rings (SSSR count). The van der Waals surface area contributed by atoms with Gasteiger partial charge in [-0.1, -0.05) is 200 Å². The van der Waals surface area contributed by atoms with Crippen LogP contribution in [0, 0.1) is 0 Å². The minimum atomic E-state index is 1.21. The fraction of sp³-hybridized carbons (Fsp3) is 0. The molecule has 0 unspecified atom stereocenters. The van der Waals surface area contributed by atoms with Crippen LogP contribution in [-0.2, 0) is 0 Å². The van der Waals surface area contributed by atoms with E-state index in [2.05, 4.69) is 231 Å². The molecular formula is C58H38. The van der Waals surface area contributed by atoms with Gasteiger partial charge in [-0.2, -0.15) is 0 Å². The molecule has 0 saturated heterocycles. The van der Waals surface area contributed by atoms with Gasteiger partial charge in [-0.3, -0.25) is 0 Å². The molecule has 0 radical (unpaired) electrons. The normalized spacial score (nSPS) is 11.4. The summed E-state index contributed by atoms with van der Waals surface area (Å²) in [4.78, 5) is 0. The average Bonchev–Trinajstić information content (AvgIpc) is 3.30. The van der Waals surface area contributed by atoms with Gasteiger partial charge in [0, 0.05) is 0 Å². The molecule has 0 spiro atoms. The Kier molecular flexibility index (Phi) is 8.26. The maximum atomic E-state index is 2.39. The smallest absolute Gasteiger partial charge is 0.00259 e. The maximum Gasteiger partial charge on any atom is -0.00259 e. The first-order valence-electron chi connectivity index (χ1n) is 20.1. The molecule has 58 heavy (non-hydrogen) atoms. The molecule has 0 fully saturated rings. The minimum absolute atomic E-state index is 1.21. The van der Waals surface area contributed by atoms with Crippen LogP contribution in [0.2, 0.25) is 0 Å². The molecule has 0 bridgehead atoms. The quantitative estimate of drug-likeness (QED) is 0.149. The summed E-state index contributed by atoms with van der Waals surface area (Å²) >= 11 is 0. The predicted octanol–water partition coefficient (Wildman–Crippen LogP) is 16.3. The highest BCUT2D eigenvalue weighted by atomic mass is 14.2. The van der Waals surface area contributed by atoms with E-state index in [1.807, 2.05) is 0 Å². The van der Waals surface area contributed by atoms with Gasteiger partial charge in [0.05, 0.1) is 0 Å². The molecule has 11 aromatic carbocycles. The summed E-state index contributed by atoms with van der Waals surface area (Å²) in [5.74, 6) is 0. The lowest BCUT2D eigenvalue weighted by molar-refractivity contribution is 1.58. The van der Waals surface area contributed by atoms with Crippen molar-refractivity contribution in [1.29, 1.82) is 0 Å². The molecule has 0 aromatic heterocycles. The topological polar surface area (TPSA) is 0 Å². The van der Waals surface area contributed by atoms with Gasteiger partial charge >= 0.3 is 0 Å². The molecule has 11 aromatic rings. The van der Waals surface area contributed by atoms with Crippen molar-refractivity contribution < 1.29 is 0 Å². The van der Waals surface area contributed by atoms with E-state index in [1.54, 1.807) is 0 Å². The van der Waals surface area contributed by atoms with Crippen LogP contribution in [0.25, 0.3) is 110 Å². The highest BCUT2D eigenvalue weighted by Gasteiger charge is 2.18. The summed E-state index contributed by atoms with van der Waals surface area (Å²) in [6.45, 7) is 0. The standard InChI is InChI=1S/C58H38/c1-3-14-39(15-4-1)48-36-49(40-16-5-2-6-17-40)38-50(37-48)58-55-23-11-9-21-53(55)57(54-22-10-12-24-56(54)58)46-33-29-42-28-32-45(34-47(42)35-46)41-26-30-44(31-27-41)52-25-13-19-43-18-7-8-20-51(43)52/h1-38H. The zero-order valence-corrected chi connectivity index (χ0v) is 31.9. The van der Waals surface area contributed by atoms with E-state index in [-0.39, 0.29) is 0 Å². The molecule has 0 N–H and O–H groups in total. The number of hydrogen-bond donors (Lipinski definition) is 0. The van der Waals surface area contributed by atoms with Gasteiger partial charge in [0.1, 0.15) is 0 Å². The van der Waals surface area contributed by atoms with Gasteiger partial charge in [-0.25, -0.2) is 0 Å².